The first-order valence-corrected chi connectivity index (χ1v) is 10.7. The highest BCUT2D eigenvalue weighted by molar-refractivity contribution is 5.90. The van der Waals surface area contributed by atoms with Gasteiger partial charge in [-0.2, -0.15) is 0 Å². The van der Waals surface area contributed by atoms with Crippen LogP contribution in [0.2, 0.25) is 0 Å². The molecule has 1 fully saturated rings. The molecular formula is C23H25F2N5O3. The van der Waals surface area contributed by atoms with Gasteiger partial charge in [0.15, 0.2) is 0 Å². The van der Waals surface area contributed by atoms with E-state index in [1.54, 1.807) is 18.3 Å². The number of aromatic nitrogens is 3. The van der Waals surface area contributed by atoms with Crippen LogP contribution in [0.4, 0.5) is 19.3 Å². The highest BCUT2D eigenvalue weighted by Gasteiger charge is 2.33. The number of nitrogens with one attached hydrogen (secondary N) is 1. The number of ether oxygens (including phenoxy) is 1. The fourth-order valence-corrected chi connectivity index (χ4v) is 3.67. The van der Waals surface area contributed by atoms with Gasteiger partial charge >= 0.3 is 6.09 Å². The SMILES string of the molecule is O=C1O[C@@H](Cn2cc(CO)nn2)CN1c1ccc(-c2ccc(CNCCCF)cc2)c(F)c1. The summed E-state index contributed by atoms with van der Waals surface area (Å²) >= 11 is 0. The smallest absolute Gasteiger partial charge is 0.414 e. The molecule has 3 aromatic rings. The number of cyclic esters (lactones) is 1. The zero-order valence-electron chi connectivity index (χ0n) is 18.0. The third-order valence-electron chi connectivity index (χ3n) is 5.36. The van der Waals surface area contributed by atoms with Gasteiger partial charge in [0.25, 0.3) is 0 Å². The molecule has 1 atom stereocenters. The molecule has 0 spiro atoms. The van der Waals surface area contributed by atoms with Gasteiger partial charge < -0.3 is 15.2 Å². The maximum atomic E-state index is 14.9. The average molecular weight is 457 g/mol. The van der Waals surface area contributed by atoms with Crippen molar-refractivity contribution < 1.29 is 23.4 Å². The summed E-state index contributed by atoms with van der Waals surface area (Å²) in [6.45, 7) is 1.19. The highest BCUT2D eigenvalue weighted by Crippen LogP contribution is 2.29. The third-order valence-corrected chi connectivity index (χ3v) is 5.36. The number of carbonyl (C=O) groups excluding carboxylic acids is 1. The van der Waals surface area contributed by atoms with E-state index in [1.807, 2.05) is 24.3 Å². The summed E-state index contributed by atoms with van der Waals surface area (Å²) in [4.78, 5) is 13.7. The number of anilines is 1. The second kappa shape index (κ2) is 10.5. The zero-order chi connectivity index (χ0) is 23.2. The van der Waals surface area contributed by atoms with Crippen molar-refractivity contribution in [2.75, 3.05) is 24.7 Å². The van der Waals surface area contributed by atoms with E-state index in [0.717, 1.165) is 11.1 Å². The van der Waals surface area contributed by atoms with Gasteiger partial charge in [0, 0.05) is 12.1 Å². The number of hydrogen-bond donors (Lipinski definition) is 2. The summed E-state index contributed by atoms with van der Waals surface area (Å²) in [6, 6.07) is 12.1. The summed E-state index contributed by atoms with van der Waals surface area (Å²) < 4.78 is 33.9. The Kier molecular flexibility index (Phi) is 7.26. The van der Waals surface area contributed by atoms with Crippen LogP contribution < -0.4 is 10.2 Å². The van der Waals surface area contributed by atoms with E-state index in [4.69, 9.17) is 9.84 Å². The van der Waals surface area contributed by atoms with E-state index in [2.05, 4.69) is 15.6 Å². The lowest BCUT2D eigenvalue weighted by Gasteiger charge is -2.14. The number of nitrogens with zero attached hydrogens (tertiary/aromatic N) is 4. The largest absolute Gasteiger partial charge is 0.442 e. The van der Waals surface area contributed by atoms with Gasteiger partial charge in [0.05, 0.1) is 38.3 Å². The molecule has 0 unspecified atom stereocenters. The maximum absolute atomic E-state index is 14.9. The number of rotatable bonds is 10. The van der Waals surface area contributed by atoms with Gasteiger partial charge in [0.1, 0.15) is 17.6 Å². The Morgan fingerprint density at radius 3 is 2.73 bits per heavy atom. The molecule has 8 nitrogen and oxygen atoms in total. The molecule has 2 aromatic carbocycles. The molecule has 10 heteroatoms. The van der Waals surface area contributed by atoms with Crippen LogP contribution in [-0.4, -0.2) is 52.1 Å². The van der Waals surface area contributed by atoms with E-state index in [9.17, 15) is 13.6 Å². The van der Waals surface area contributed by atoms with Crippen LogP contribution >= 0.6 is 0 Å². The molecule has 0 saturated carbocycles. The maximum Gasteiger partial charge on any atom is 0.414 e. The second-order valence-corrected chi connectivity index (χ2v) is 7.79. The number of amides is 1. The van der Waals surface area contributed by atoms with Gasteiger partial charge in [-0.1, -0.05) is 29.5 Å². The molecule has 2 heterocycles. The minimum atomic E-state index is -0.556. The van der Waals surface area contributed by atoms with Gasteiger partial charge in [-0.05, 0) is 42.3 Å². The molecule has 1 amide bonds. The van der Waals surface area contributed by atoms with E-state index in [1.165, 1.54) is 15.6 Å². The Balaban J connectivity index is 1.40. The Bertz CT molecular complexity index is 1090. The molecule has 33 heavy (non-hydrogen) atoms. The first-order valence-electron chi connectivity index (χ1n) is 10.7. The Labute approximate surface area is 189 Å². The van der Waals surface area contributed by atoms with Crippen LogP contribution in [0.25, 0.3) is 11.1 Å². The molecular weight excluding hydrogens is 432 g/mol. The number of benzene rings is 2. The number of halogens is 2. The van der Waals surface area contributed by atoms with E-state index in [-0.39, 0.29) is 26.4 Å². The van der Waals surface area contributed by atoms with Crippen molar-refractivity contribution in [1.82, 2.24) is 20.3 Å². The molecule has 0 radical (unpaired) electrons. The van der Waals surface area contributed by atoms with E-state index < -0.39 is 18.0 Å². The van der Waals surface area contributed by atoms with Crippen LogP contribution in [0.5, 0.6) is 0 Å². The molecule has 0 aliphatic carbocycles. The van der Waals surface area contributed by atoms with Crippen LogP contribution in [-0.2, 0) is 24.4 Å². The predicted molar refractivity (Wildman–Crippen MR) is 118 cm³/mol. The van der Waals surface area contributed by atoms with Crippen molar-refractivity contribution in [3.63, 3.8) is 0 Å². The molecule has 1 aromatic heterocycles. The van der Waals surface area contributed by atoms with Crippen molar-refractivity contribution in [3.8, 4) is 11.1 Å². The predicted octanol–water partition coefficient (Wildman–Crippen LogP) is 3.05. The second-order valence-electron chi connectivity index (χ2n) is 7.79. The number of hydrogen-bond acceptors (Lipinski definition) is 6. The van der Waals surface area contributed by atoms with Gasteiger partial charge in [-0.3, -0.25) is 9.29 Å². The van der Waals surface area contributed by atoms with Crippen LogP contribution in [0, 0.1) is 5.82 Å². The van der Waals surface area contributed by atoms with Gasteiger partial charge in [0.2, 0.25) is 0 Å². The van der Waals surface area contributed by atoms with Gasteiger partial charge in [-0.15, -0.1) is 5.10 Å². The lowest BCUT2D eigenvalue weighted by molar-refractivity contribution is 0.129. The molecule has 0 bridgehead atoms. The van der Waals surface area contributed by atoms with E-state index >= 15 is 0 Å². The first-order chi connectivity index (χ1) is 16.1. The highest BCUT2D eigenvalue weighted by atomic mass is 19.1. The quantitative estimate of drug-likeness (QED) is 0.455. The summed E-state index contributed by atoms with van der Waals surface area (Å²) in [5, 5.41) is 19.9. The number of carbonyl (C=O) groups is 1. The van der Waals surface area contributed by atoms with E-state index in [0.29, 0.717) is 36.5 Å². The van der Waals surface area contributed by atoms with Crippen molar-refractivity contribution in [2.45, 2.75) is 32.2 Å². The normalized spacial score (nSPS) is 15.8. The number of aliphatic hydroxyl groups excluding tert-OH is 1. The lowest BCUT2D eigenvalue weighted by Crippen LogP contribution is -2.26. The number of alkyl halides is 1. The summed E-state index contributed by atoms with van der Waals surface area (Å²) in [7, 11) is 0. The summed E-state index contributed by atoms with van der Waals surface area (Å²) in [5.41, 5.74) is 3.01. The fraction of sp³-hybridized carbons (Fsp3) is 0.348. The average Bonchev–Trinajstić information content (AvgIpc) is 3.43. The summed E-state index contributed by atoms with van der Waals surface area (Å²) in [5.74, 6) is -0.443. The first kappa shape index (κ1) is 22.8. The molecule has 1 aliphatic rings. The van der Waals surface area contributed by atoms with Crippen LogP contribution in [0.3, 0.4) is 0 Å². The molecule has 174 valence electrons. The molecule has 2 N–H and O–H groups in total. The topological polar surface area (TPSA) is 92.5 Å². The van der Waals surface area contributed by atoms with Crippen LogP contribution in [0.15, 0.2) is 48.7 Å². The standard InChI is InChI=1S/C23H25F2N5O3/c24-8-1-9-26-11-16-2-4-17(5-3-16)21-7-6-19(10-22(21)25)30-14-20(33-23(30)32)13-29-12-18(15-31)27-28-29/h2-7,10,12,20,26,31H,1,8-9,11,13-15H2/t20-/m0/s1. The minimum absolute atomic E-state index is 0.220. The fourth-order valence-electron chi connectivity index (χ4n) is 3.67. The Morgan fingerprint density at radius 1 is 1.21 bits per heavy atom. The Hall–Kier alpha value is -3.37. The molecule has 1 saturated heterocycles. The Morgan fingerprint density at radius 2 is 2.03 bits per heavy atom. The zero-order valence-corrected chi connectivity index (χ0v) is 18.0. The van der Waals surface area contributed by atoms with Crippen molar-refractivity contribution in [2.24, 2.45) is 0 Å². The lowest BCUT2D eigenvalue weighted by atomic mass is 10.0. The van der Waals surface area contributed by atoms with Crippen molar-refractivity contribution in [1.29, 1.82) is 0 Å². The van der Waals surface area contributed by atoms with Crippen LogP contribution in [0.1, 0.15) is 17.7 Å². The van der Waals surface area contributed by atoms with Gasteiger partial charge in [-0.25, -0.2) is 13.9 Å². The third kappa shape index (κ3) is 5.52. The number of aliphatic hydroxyl groups is 1. The monoisotopic (exact) mass is 457 g/mol. The molecule has 4 rings (SSSR count). The molecule has 1 aliphatic heterocycles. The minimum Gasteiger partial charge on any atom is -0.442 e. The van der Waals surface area contributed by atoms with Crippen molar-refractivity contribution in [3.05, 3.63) is 65.7 Å². The van der Waals surface area contributed by atoms with Crippen molar-refractivity contribution >= 4 is 11.8 Å². The summed E-state index contributed by atoms with van der Waals surface area (Å²) in [6.07, 6.45) is 1.03.